The average molecular weight is 216 g/mol. The minimum absolute atomic E-state index is 0.163. The topological polar surface area (TPSA) is 50.1 Å². The Morgan fingerprint density at radius 2 is 2.29 bits per heavy atom. The van der Waals surface area contributed by atoms with Crippen LogP contribution in [0.25, 0.3) is 0 Å². The van der Waals surface area contributed by atoms with Gasteiger partial charge in [-0.1, -0.05) is 17.7 Å². The predicted molar refractivity (Wildman–Crippen MR) is 53.3 cm³/mol. The lowest BCUT2D eigenvalue weighted by Crippen LogP contribution is -2.30. The zero-order valence-electron chi connectivity index (χ0n) is 7.43. The van der Waals surface area contributed by atoms with Crippen LogP contribution >= 0.6 is 11.6 Å². The van der Waals surface area contributed by atoms with Crippen molar-refractivity contribution in [1.82, 2.24) is 10.9 Å². The molecule has 1 heterocycles. The Bertz CT molecular complexity index is 325. The number of hydrazine groups is 1. The number of nitrogens with one attached hydrogen (secondary N) is 2. The van der Waals surface area contributed by atoms with Gasteiger partial charge in [0, 0.05) is 23.2 Å². The SMILES string of the molecule is NC1CNNC1c1c(F)cccc1Cl. The molecule has 1 aliphatic heterocycles. The first-order valence-corrected chi connectivity index (χ1v) is 4.76. The lowest BCUT2D eigenvalue weighted by Gasteiger charge is -2.16. The second-order valence-electron chi connectivity index (χ2n) is 3.30. The molecule has 2 atom stereocenters. The number of hydrogen-bond donors (Lipinski definition) is 3. The van der Waals surface area contributed by atoms with Crippen LogP contribution in [0, 0.1) is 5.82 Å². The number of nitrogens with two attached hydrogens (primary N) is 1. The molecular weight excluding hydrogens is 205 g/mol. The van der Waals surface area contributed by atoms with Gasteiger partial charge in [-0.25, -0.2) is 9.82 Å². The summed E-state index contributed by atoms with van der Waals surface area (Å²) in [6, 6.07) is 4.20. The first-order chi connectivity index (χ1) is 6.70. The molecule has 1 fully saturated rings. The van der Waals surface area contributed by atoms with Gasteiger partial charge in [0.15, 0.2) is 0 Å². The standard InChI is InChI=1S/C9H11ClFN3/c10-5-2-1-3-6(11)8(5)9-7(12)4-13-14-9/h1-3,7,9,13-14H,4,12H2. The van der Waals surface area contributed by atoms with Crippen LogP contribution in [0.5, 0.6) is 0 Å². The van der Waals surface area contributed by atoms with E-state index in [1.54, 1.807) is 12.1 Å². The van der Waals surface area contributed by atoms with Gasteiger partial charge in [-0.15, -0.1) is 0 Å². The van der Waals surface area contributed by atoms with Gasteiger partial charge in [-0.2, -0.15) is 0 Å². The molecule has 5 heteroatoms. The maximum atomic E-state index is 13.5. The molecule has 1 saturated heterocycles. The van der Waals surface area contributed by atoms with Gasteiger partial charge in [-0.05, 0) is 12.1 Å². The molecule has 4 N–H and O–H groups in total. The molecule has 76 valence electrons. The molecule has 2 unspecified atom stereocenters. The lowest BCUT2D eigenvalue weighted by molar-refractivity contribution is 0.511. The first-order valence-electron chi connectivity index (χ1n) is 4.38. The van der Waals surface area contributed by atoms with Crippen LogP contribution in [0.2, 0.25) is 5.02 Å². The molecule has 1 aromatic rings. The molecule has 1 aromatic carbocycles. The van der Waals surface area contributed by atoms with Crippen molar-refractivity contribution in [3.05, 3.63) is 34.6 Å². The quantitative estimate of drug-likeness (QED) is 0.654. The van der Waals surface area contributed by atoms with Crippen LogP contribution in [0.3, 0.4) is 0 Å². The van der Waals surface area contributed by atoms with E-state index in [-0.39, 0.29) is 17.9 Å². The van der Waals surface area contributed by atoms with Gasteiger partial charge in [-0.3, -0.25) is 5.43 Å². The fourth-order valence-electron chi connectivity index (χ4n) is 1.61. The normalized spacial score (nSPS) is 26.8. The van der Waals surface area contributed by atoms with Crippen LogP contribution in [0.4, 0.5) is 4.39 Å². The van der Waals surface area contributed by atoms with E-state index in [4.69, 9.17) is 17.3 Å². The third kappa shape index (κ3) is 1.62. The van der Waals surface area contributed by atoms with Crippen molar-refractivity contribution in [3.63, 3.8) is 0 Å². The largest absolute Gasteiger partial charge is 0.325 e. The van der Waals surface area contributed by atoms with E-state index < -0.39 is 0 Å². The third-order valence-corrected chi connectivity index (χ3v) is 2.66. The van der Waals surface area contributed by atoms with Crippen LogP contribution in [0.15, 0.2) is 18.2 Å². The van der Waals surface area contributed by atoms with E-state index in [2.05, 4.69) is 10.9 Å². The highest BCUT2D eigenvalue weighted by Gasteiger charge is 2.28. The summed E-state index contributed by atoms with van der Waals surface area (Å²) in [6.45, 7) is 0.606. The van der Waals surface area contributed by atoms with Crippen LogP contribution < -0.4 is 16.6 Å². The van der Waals surface area contributed by atoms with E-state index in [1.807, 2.05) is 0 Å². The van der Waals surface area contributed by atoms with Crippen LogP contribution in [-0.2, 0) is 0 Å². The highest BCUT2D eigenvalue weighted by molar-refractivity contribution is 6.31. The van der Waals surface area contributed by atoms with Crippen molar-refractivity contribution in [2.75, 3.05) is 6.54 Å². The van der Waals surface area contributed by atoms with Crippen molar-refractivity contribution in [1.29, 1.82) is 0 Å². The third-order valence-electron chi connectivity index (χ3n) is 2.33. The molecule has 0 amide bonds. The van der Waals surface area contributed by atoms with E-state index in [9.17, 15) is 4.39 Å². The van der Waals surface area contributed by atoms with E-state index >= 15 is 0 Å². The maximum absolute atomic E-state index is 13.5. The van der Waals surface area contributed by atoms with Gasteiger partial charge in [0.05, 0.1) is 6.04 Å². The lowest BCUT2D eigenvalue weighted by atomic mass is 10.0. The molecule has 1 aliphatic rings. The number of benzene rings is 1. The summed E-state index contributed by atoms with van der Waals surface area (Å²) < 4.78 is 13.5. The highest BCUT2D eigenvalue weighted by atomic mass is 35.5. The summed E-state index contributed by atoms with van der Waals surface area (Å²) in [6.07, 6.45) is 0. The van der Waals surface area contributed by atoms with Gasteiger partial charge in [0.1, 0.15) is 5.82 Å². The fraction of sp³-hybridized carbons (Fsp3) is 0.333. The van der Waals surface area contributed by atoms with Gasteiger partial charge < -0.3 is 5.73 Å². The summed E-state index contributed by atoms with van der Waals surface area (Å²) in [5.74, 6) is -0.325. The second-order valence-corrected chi connectivity index (χ2v) is 3.71. The summed E-state index contributed by atoms with van der Waals surface area (Å²) in [4.78, 5) is 0. The van der Waals surface area contributed by atoms with Crippen molar-refractivity contribution < 1.29 is 4.39 Å². The molecule has 0 radical (unpaired) electrons. The summed E-state index contributed by atoms with van der Waals surface area (Å²) in [5, 5.41) is 0.404. The Labute approximate surface area is 86.4 Å². The van der Waals surface area contributed by atoms with Gasteiger partial charge in [0.2, 0.25) is 0 Å². The smallest absolute Gasteiger partial charge is 0.129 e. The number of hydrogen-bond acceptors (Lipinski definition) is 3. The van der Waals surface area contributed by atoms with Crippen molar-refractivity contribution in [2.45, 2.75) is 12.1 Å². The molecule has 0 saturated carbocycles. The first kappa shape index (κ1) is 9.86. The summed E-state index contributed by atoms with van der Waals surface area (Å²) in [7, 11) is 0. The minimum Gasteiger partial charge on any atom is -0.325 e. The molecule has 0 bridgehead atoms. The molecular formula is C9H11ClFN3. The van der Waals surface area contributed by atoms with Gasteiger partial charge >= 0.3 is 0 Å². The minimum atomic E-state index is -0.325. The fourth-order valence-corrected chi connectivity index (χ4v) is 1.89. The Morgan fingerprint density at radius 3 is 2.86 bits per heavy atom. The van der Waals surface area contributed by atoms with Crippen LogP contribution in [-0.4, -0.2) is 12.6 Å². The molecule has 14 heavy (non-hydrogen) atoms. The summed E-state index contributed by atoms with van der Waals surface area (Å²) in [5.41, 5.74) is 12.0. The zero-order chi connectivity index (χ0) is 10.1. The van der Waals surface area contributed by atoms with Crippen molar-refractivity contribution in [2.24, 2.45) is 5.73 Å². The predicted octanol–water partition coefficient (Wildman–Crippen LogP) is 0.955. The zero-order valence-corrected chi connectivity index (χ0v) is 8.18. The Balaban J connectivity index is 2.39. The van der Waals surface area contributed by atoms with E-state index in [1.165, 1.54) is 6.07 Å². The van der Waals surface area contributed by atoms with Gasteiger partial charge in [0.25, 0.3) is 0 Å². The summed E-state index contributed by atoms with van der Waals surface area (Å²) >= 11 is 5.91. The van der Waals surface area contributed by atoms with Crippen molar-refractivity contribution in [3.8, 4) is 0 Å². The average Bonchev–Trinajstić information content (AvgIpc) is 2.52. The molecule has 3 nitrogen and oxygen atoms in total. The van der Waals surface area contributed by atoms with Crippen molar-refractivity contribution >= 4 is 11.6 Å². The maximum Gasteiger partial charge on any atom is 0.129 e. The Hall–Kier alpha value is -0.680. The Kier molecular flexibility index (Phi) is 2.69. The number of rotatable bonds is 1. The molecule has 0 aromatic heterocycles. The number of halogens is 2. The van der Waals surface area contributed by atoms with E-state index in [0.29, 0.717) is 17.1 Å². The molecule has 2 rings (SSSR count). The van der Waals surface area contributed by atoms with Crippen LogP contribution in [0.1, 0.15) is 11.6 Å². The molecule has 0 spiro atoms. The molecule has 0 aliphatic carbocycles. The van der Waals surface area contributed by atoms with E-state index in [0.717, 1.165) is 0 Å². The monoisotopic (exact) mass is 215 g/mol. The second kappa shape index (κ2) is 3.82. The highest BCUT2D eigenvalue weighted by Crippen LogP contribution is 2.28. The Morgan fingerprint density at radius 1 is 1.50 bits per heavy atom.